The van der Waals surface area contributed by atoms with Crippen LogP contribution in [0.15, 0.2) is 0 Å². The Bertz CT molecular complexity index is 269. The second kappa shape index (κ2) is 7.79. The molecule has 0 spiro atoms. The molecule has 20 heavy (non-hydrogen) atoms. The van der Waals surface area contributed by atoms with Crippen molar-refractivity contribution in [3.63, 3.8) is 0 Å². The lowest BCUT2D eigenvalue weighted by atomic mass is 9.81. The van der Waals surface area contributed by atoms with E-state index in [2.05, 4.69) is 37.9 Å². The highest BCUT2D eigenvalue weighted by molar-refractivity contribution is 4.92. The van der Waals surface area contributed by atoms with Crippen LogP contribution in [0.2, 0.25) is 0 Å². The number of rotatable bonds is 5. The lowest BCUT2D eigenvalue weighted by molar-refractivity contribution is 0.0413. The lowest BCUT2D eigenvalue weighted by Gasteiger charge is -2.47. The van der Waals surface area contributed by atoms with Crippen molar-refractivity contribution in [3.05, 3.63) is 0 Å². The van der Waals surface area contributed by atoms with Crippen LogP contribution >= 0.6 is 0 Å². The van der Waals surface area contributed by atoms with Crippen molar-refractivity contribution in [1.29, 1.82) is 0 Å². The Morgan fingerprint density at radius 1 is 1.10 bits per heavy atom. The average Bonchev–Trinajstić information content (AvgIpc) is 2.47. The molecule has 118 valence electrons. The Balaban J connectivity index is 1.91. The van der Waals surface area contributed by atoms with Gasteiger partial charge in [-0.25, -0.2) is 0 Å². The van der Waals surface area contributed by atoms with Crippen LogP contribution in [0.25, 0.3) is 0 Å². The molecule has 0 aromatic carbocycles. The zero-order chi connectivity index (χ0) is 14.5. The van der Waals surface area contributed by atoms with Gasteiger partial charge in [0.05, 0.1) is 0 Å². The fourth-order valence-corrected chi connectivity index (χ4v) is 4.29. The number of hydrogen-bond donors (Lipinski definition) is 1. The Labute approximate surface area is 126 Å². The molecule has 0 amide bonds. The maximum absolute atomic E-state index is 3.78. The molecule has 2 fully saturated rings. The number of nitrogens with one attached hydrogen (secondary N) is 1. The summed E-state index contributed by atoms with van der Waals surface area (Å²) in [6.07, 6.45) is 9.98. The molecule has 2 rings (SSSR count). The third-order valence-corrected chi connectivity index (χ3v) is 5.75. The predicted molar refractivity (Wildman–Crippen MR) is 88.1 cm³/mol. The van der Waals surface area contributed by atoms with Gasteiger partial charge < -0.3 is 5.32 Å². The SMILES string of the molecule is CCCC1CCC(N2CC(C(C)C)NCC2CC)CC1. The molecule has 2 heteroatoms. The van der Waals surface area contributed by atoms with Gasteiger partial charge in [0.2, 0.25) is 0 Å². The molecular formula is C18H36N2. The first-order valence-electron chi connectivity index (χ1n) is 9.14. The van der Waals surface area contributed by atoms with E-state index in [1.807, 2.05) is 0 Å². The van der Waals surface area contributed by atoms with Gasteiger partial charge in [-0.1, -0.05) is 40.5 Å². The number of piperazine rings is 1. The summed E-state index contributed by atoms with van der Waals surface area (Å²) in [4.78, 5) is 2.88. The van der Waals surface area contributed by atoms with Gasteiger partial charge in [0, 0.05) is 31.2 Å². The molecule has 1 aliphatic heterocycles. The molecule has 2 nitrogen and oxygen atoms in total. The van der Waals surface area contributed by atoms with E-state index in [1.165, 1.54) is 58.0 Å². The van der Waals surface area contributed by atoms with Crippen molar-refractivity contribution in [2.45, 2.75) is 90.8 Å². The molecule has 1 heterocycles. The van der Waals surface area contributed by atoms with Crippen molar-refractivity contribution in [3.8, 4) is 0 Å². The summed E-state index contributed by atoms with van der Waals surface area (Å²) in [7, 11) is 0. The molecule has 1 saturated carbocycles. The quantitative estimate of drug-likeness (QED) is 0.817. The summed E-state index contributed by atoms with van der Waals surface area (Å²) in [6.45, 7) is 11.9. The van der Waals surface area contributed by atoms with Crippen molar-refractivity contribution < 1.29 is 0 Å². The van der Waals surface area contributed by atoms with Crippen LogP contribution in [0.1, 0.15) is 72.6 Å². The van der Waals surface area contributed by atoms with Crippen molar-refractivity contribution >= 4 is 0 Å². The minimum Gasteiger partial charge on any atom is -0.311 e. The summed E-state index contributed by atoms with van der Waals surface area (Å²) in [6, 6.07) is 2.35. The van der Waals surface area contributed by atoms with Crippen LogP contribution in [-0.4, -0.2) is 36.1 Å². The van der Waals surface area contributed by atoms with Crippen LogP contribution in [0.5, 0.6) is 0 Å². The molecule has 2 unspecified atom stereocenters. The van der Waals surface area contributed by atoms with E-state index < -0.39 is 0 Å². The van der Waals surface area contributed by atoms with Crippen LogP contribution in [0.4, 0.5) is 0 Å². The predicted octanol–water partition coefficient (Wildman–Crippen LogP) is 4.05. The number of hydrogen-bond acceptors (Lipinski definition) is 2. The van der Waals surface area contributed by atoms with Gasteiger partial charge in [0.25, 0.3) is 0 Å². The van der Waals surface area contributed by atoms with E-state index in [0.29, 0.717) is 6.04 Å². The summed E-state index contributed by atoms with van der Waals surface area (Å²) in [5, 5.41) is 3.78. The van der Waals surface area contributed by atoms with E-state index in [4.69, 9.17) is 0 Å². The Morgan fingerprint density at radius 2 is 1.80 bits per heavy atom. The molecule has 1 saturated heterocycles. The molecule has 1 aliphatic carbocycles. The third kappa shape index (κ3) is 3.98. The molecule has 0 aromatic heterocycles. The second-order valence-corrected chi connectivity index (χ2v) is 7.48. The molecule has 0 bridgehead atoms. The van der Waals surface area contributed by atoms with E-state index in [1.54, 1.807) is 0 Å². The highest BCUT2D eigenvalue weighted by Crippen LogP contribution is 2.32. The lowest BCUT2D eigenvalue weighted by Crippen LogP contribution is -2.61. The van der Waals surface area contributed by atoms with E-state index in [-0.39, 0.29) is 0 Å². The van der Waals surface area contributed by atoms with Crippen LogP contribution in [-0.2, 0) is 0 Å². The largest absolute Gasteiger partial charge is 0.311 e. The van der Waals surface area contributed by atoms with Crippen molar-refractivity contribution in [2.75, 3.05) is 13.1 Å². The second-order valence-electron chi connectivity index (χ2n) is 7.48. The van der Waals surface area contributed by atoms with E-state index in [9.17, 15) is 0 Å². The van der Waals surface area contributed by atoms with Gasteiger partial charge in [-0.15, -0.1) is 0 Å². The van der Waals surface area contributed by atoms with Gasteiger partial charge in [-0.05, 0) is 43.9 Å². The summed E-state index contributed by atoms with van der Waals surface area (Å²) < 4.78 is 0. The van der Waals surface area contributed by atoms with Crippen LogP contribution < -0.4 is 5.32 Å². The maximum atomic E-state index is 3.78. The topological polar surface area (TPSA) is 15.3 Å². The van der Waals surface area contributed by atoms with Gasteiger partial charge in [0.15, 0.2) is 0 Å². The molecule has 0 radical (unpaired) electrons. The number of nitrogens with zero attached hydrogens (tertiary/aromatic N) is 1. The summed E-state index contributed by atoms with van der Waals surface area (Å²) >= 11 is 0. The highest BCUT2D eigenvalue weighted by atomic mass is 15.3. The fraction of sp³-hybridized carbons (Fsp3) is 1.00. The van der Waals surface area contributed by atoms with Crippen LogP contribution in [0.3, 0.4) is 0 Å². The Kier molecular flexibility index (Phi) is 6.35. The van der Waals surface area contributed by atoms with Gasteiger partial charge in [0.1, 0.15) is 0 Å². The van der Waals surface area contributed by atoms with E-state index >= 15 is 0 Å². The first-order chi connectivity index (χ1) is 9.65. The summed E-state index contributed by atoms with van der Waals surface area (Å²) in [5.41, 5.74) is 0. The summed E-state index contributed by atoms with van der Waals surface area (Å²) in [5.74, 6) is 1.78. The van der Waals surface area contributed by atoms with Crippen LogP contribution in [0, 0.1) is 11.8 Å². The molecule has 2 aliphatic rings. The Hall–Kier alpha value is -0.0800. The minimum atomic E-state index is 0.700. The normalized spacial score (nSPS) is 36.5. The first-order valence-corrected chi connectivity index (χ1v) is 9.14. The minimum absolute atomic E-state index is 0.700. The molecule has 0 aromatic rings. The van der Waals surface area contributed by atoms with Gasteiger partial charge >= 0.3 is 0 Å². The zero-order valence-corrected chi connectivity index (χ0v) is 14.2. The zero-order valence-electron chi connectivity index (χ0n) is 14.2. The van der Waals surface area contributed by atoms with E-state index in [0.717, 1.165) is 23.9 Å². The first kappa shape index (κ1) is 16.3. The monoisotopic (exact) mass is 280 g/mol. The molecule has 1 N–H and O–H groups in total. The average molecular weight is 281 g/mol. The maximum Gasteiger partial charge on any atom is 0.0221 e. The Morgan fingerprint density at radius 3 is 2.35 bits per heavy atom. The standard InChI is InChI=1S/C18H36N2/c1-5-7-15-8-10-17(11-9-15)20-13-18(14(3)4)19-12-16(20)6-2/h14-19H,5-13H2,1-4H3. The highest BCUT2D eigenvalue weighted by Gasteiger charge is 2.34. The fourth-order valence-electron chi connectivity index (χ4n) is 4.29. The van der Waals surface area contributed by atoms with Gasteiger partial charge in [-0.2, -0.15) is 0 Å². The molecule has 2 atom stereocenters. The molecular weight excluding hydrogens is 244 g/mol. The van der Waals surface area contributed by atoms with Gasteiger partial charge in [-0.3, -0.25) is 4.90 Å². The third-order valence-electron chi connectivity index (χ3n) is 5.75. The smallest absolute Gasteiger partial charge is 0.0221 e. The van der Waals surface area contributed by atoms with Crippen molar-refractivity contribution in [2.24, 2.45) is 11.8 Å². The van der Waals surface area contributed by atoms with Crippen molar-refractivity contribution in [1.82, 2.24) is 10.2 Å².